The summed E-state index contributed by atoms with van der Waals surface area (Å²) in [4.78, 5) is 2.90. The molecule has 3 heteroatoms. The molecule has 1 aromatic rings. The highest BCUT2D eigenvalue weighted by molar-refractivity contribution is 7.11. The largest absolute Gasteiger partial charge is 0.312 e. The Bertz CT molecular complexity index is 281. The van der Waals surface area contributed by atoms with Crippen LogP contribution in [0.25, 0.3) is 0 Å². The van der Waals surface area contributed by atoms with E-state index >= 15 is 0 Å². The molecular formula is C12H20N2S. The highest BCUT2D eigenvalue weighted by Gasteiger charge is 1.97. The zero-order valence-electron chi connectivity index (χ0n) is 9.38. The molecule has 0 spiro atoms. The van der Waals surface area contributed by atoms with E-state index in [0.29, 0.717) is 0 Å². The Balaban J connectivity index is 2.06. The van der Waals surface area contributed by atoms with Crippen LogP contribution in [-0.4, -0.2) is 19.6 Å². The second-order valence-electron chi connectivity index (χ2n) is 3.39. The van der Waals surface area contributed by atoms with Gasteiger partial charge in [-0.25, -0.2) is 0 Å². The van der Waals surface area contributed by atoms with Gasteiger partial charge in [0.05, 0.1) is 0 Å². The van der Waals surface area contributed by atoms with Crippen LogP contribution in [0.1, 0.15) is 16.7 Å². The van der Waals surface area contributed by atoms with E-state index < -0.39 is 0 Å². The van der Waals surface area contributed by atoms with Crippen molar-refractivity contribution in [3.8, 4) is 0 Å². The summed E-state index contributed by atoms with van der Waals surface area (Å²) in [5.74, 6) is 0. The molecule has 1 heterocycles. The quantitative estimate of drug-likeness (QED) is 0.522. The summed E-state index contributed by atoms with van der Waals surface area (Å²) in [6, 6.07) is 4.44. The Morgan fingerprint density at radius 1 is 1.27 bits per heavy atom. The Morgan fingerprint density at radius 2 is 2.00 bits per heavy atom. The molecule has 0 saturated heterocycles. The van der Waals surface area contributed by atoms with Crippen LogP contribution in [0.3, 0.4) is 0 Å². The number of hydrogen-bond acceptors (Lipinski definition) is 3. The third-order valence-corrected chi connectivity index (χ3v) is 3.36. The summed E-state index contributed by atoms with van der Waals surface area (Å²) in [5, 5.41) is 6.67. The molecule has 15 heavy (non-hydrogen) atoms. The van der Waals surface area contributed by atoms with E-state index in [4.69, 9.17) is 0 Å². The molecule has 0 radical (unpaired) electrons. The molecule has 0 aliphatic heterocycles. The van der Waals surface area contributed by atoms with E-state index in [9.17, 15) is 0 Å². The summed E-state index contributed by atoms with van der Waals surface area (Å²) in [5.41, 5.74) is 0. The van der Waals surface area contributed by atoms with Gasteiger partial charge in [-0.3, -0.25) is 0 Å². The molecule has 0 saturated carbocycles. The minimum absolute atomic E-state index is 0.890. The third-order valence-electron chi connectivity index (χ3n) is 2.13. The lowest BCUT2D eigenvalue weighted by Crippen LogP contribution is -2.26. The number of rotatable bonds is 8. The molecule has 0 aliphatic carbocycles. The van der Waals surface area contributed by atoms with Crippen LogP contribution in [0.4, 0.5) is 0 Å². The smallest absolute Gasteiger partial charge is 0.0300 e. The first-order chi connectivity index (χ1) is 7.36. The molecule has 1 aromatic heterocycles. The maximum Gasteiger partial charge on any atom is 0.0300 e. The molecule has 2 nitrogen and oxygen atoms in total. The molecule has 1 rings (SSSR count). The van der Waals surface area contributed by atoms with Crippen LogP contribution in [0.15, 0.2) is 24.8 Å². The van der Waals surface area contributed by atoms with Crippen molar-refractivity contribution in [3.63, 3.8) is 0 Å². The van der Waals surface area contributed by atoms with Crippen molar-refractivity contribution in [2.24, 2.45) is 0 Å². The highest BCUT2D eigenvalue weighted by Crippen LogP contribution is 2.16. The van der Waals surface area contributed by atoms with Crippen molar-refractivity contribution >= 4 is 11.3 Å². The molecule has 84 valence electrons. The normalized spacial score (nSPS) is 10.5. The average molecular weight is 224 g/mol. The zero-order chi connectivity index (χ0) is 10.9. The fourth-order valence-electron chi connectivity index (χ4n) is 1.30. The molecule has 0 bridgehead atoms. The summed E-state index contributed by atoms with van der Waals surface area (Å²) in [7, 11) is 0. The van der Waals surface area contributed by atoms with Crippen LogP contribution in [-0.2, 0) is 13.0 Å². The maximum atomic E-state index is 3.66. The summed E-state index contributed by atoms with van der Waals surface area (Å²) in [6.07, 6.45) is 3.03. The summed E-state index contributed by atoms with van der Waals surface area (Å²) in [6.45, 7) is 9.73. The Morgan fingerprint density at radius 3 is 2.67 bits per heavy atom. The minimum atomic E-state index is 0.890. The van der Waals surface area contributed by atoms with Gasteiger partial charge in [0.15, 0.2) is 0 Å². The average Bonchev–Trinajstić information content (AvgIpc) is 2.71. The predicted molar refractivity (Wildman–Crippen MR) is 68.5 cm³/mol. The Labute approximate surface area is 96.4 Å². The Hall–Kier alpha value is -0.640. The van der Waals surface area contributed by atoms with E-state index in [-0.39, 0.29) is 0 Å². The van der Waals surface area contributed by atoms with Crippen LogP contribution in [0.5, 0.6) is 0 Å². The van der Waals surface area contributed by atoms with Gasteiger partial charge in [-0.2, -0.15) is 0 Å². The number of thiophene rings is 1. The van der Waals surface area contributed by atoms with Crippen LogP contribution >= 0.6 is 11.3 Å². The van der Waals surface area contributed by atoms with Gasteiger partial charge >= 0.3 is 0 Å². The molecule has 2 N–H and O–H groups in total. The lowest BCUT2D eigenvalue weighted by atomic mass is 10.3. The van der Waals surface area contributed by atoms with Crippen LogP contribution < -0.4 is 10.6 Å². The molecule has 0 aliphatic rings. The van der Waals surface area contributed by atoms with Gasteiger partial charge in [-0.1, -0.05) is 13.0 Å². The van der Waals surface area contributed by atoms with Gasteiger partial charge in [-0.15, -0.1) is 17.9 Å². The lowest BCUT2D eigenvalue weighted by Gasteiger charge is -2.03. The zero-order valence-corrected chi connectivity index (χ0v) is 10.2. The van der Waals surface area contributed by atoms with E-state index in [1.807, 2.05) is 17.4 Å². The number of aryl methyl sites for hydroxylation is 1. The van der Waals surface area contributed by atoms with Gasteiger partial charge in [0.2, 0.25) is 0 Å². The van der Waals surface area contributed by atoms with Crippen molar-refractivity contribution in [2.75, 3.05) is 19.6 Å². The second-order valence-corrected chi connectivity index (χ2v) is 4.64. The van der Waals surface area contributed by atoms with Gasteiger partial charge < -0.3 is 10.6 Å². The van der Waals surface area contributed by atoms with E-state index in [1.54, 1.807) is 0 Å². The first kappa shape index (κ1) is 12.4. The number of hydrogen-bond donors (Lipinski definition) is 2. The van der Waals surface area contributed by atoms with Crippen molar-refractivity contribution in [2.45, 2.75) is 19.9 Å². The van der Waals surface area contributed by atoms with E-state index in [1.165, 1.54) is 9.75 Å². The predicted octanol–water partition coefficient (Wildman–Crippen LogP) is 2.18. The Kier molecular flexibility index (Phi) is 6.32. The topological polar surface area (TPSA) is 24.1 Å². The van der Waals surface area contributed by atoms with Crippen molar-refractivity contribution in [3.05, 3.63) is 34.5 Å². The van der Waals surface area contributed by atoms with E-state index in [2.05, 4.69) is 36.3 Å². The first-order valence-electron chi connectivity index (χ1n) is 5.46. The van der Waals surface area contributed by atoms with Crippen LogP contribution in [0, 0.1) is 0 Å². The van der Waals surface area contributed by atoms with E-state index in [0.717, 1.165) is 32.6 Å². The third kappa shape index (κ3) is 5.11. The van der Waals surface area contributed by atoms with Crippen molar-refractivity contribution < 1.29 is 0 Å². The molecule has 0 aromatic carbocycles. The lowest BCUT2D eigenvalue weighted by molar-refractivity contribution is 0.639. The summed E-state index contributed by atoms with van der Waals surface area (Å²) < 4.78 is 0. The SMILES string of the molecule is C=CCNCCNCc1ccc(CC)s1. The van der Waals surface area contributed by atoms with Gasteiger partial charge in [-0.05, 0) is 18.6 Å². The highest BCUT2D eigenvalue weighted by atomic mass is 32.1. The van der Waals surface area contributed by atoms with Crippen molar-refractivity contribution in [1.29, 1.82) is 0 Å². The first-order valence-corrected chi connectivity index (χ1v) is 6.28. The standard InChI is InChI=1S/C12H20N2S/c1-3-7-13-8-9-14-10-12-6-5-11(4-2)15-12/h3,5-6,13-14H,1,4,7-10H2,2H3. The monoisotopic (exact) mass is 224 g/mol. The molecule has 0 fully saturated rings. The van der Waals surface area contributed by atoms with Crippen molar-refractivity contribution in [1.82, 2.24) is 10.6 Å². The number of nitrogens with one attached hydrogen (secondary N) is 2. The molecule has 0 unspecified atom stereocenters. The molecular weight excluding hydrogens is 204 g/mol. The fraction of sp³-hybridized carbons (Fsp3) is 0.500. The van der Waals surface area contributed by atoms with Crippen LogP contribution in [0.2, 0.25) is 0 Å². The minimum Gasteiger partial charge on any atom is -0.312 e. The van der Waals surface area contributed by atoms with Gasteiger partial charge in [0.1, 0.15) is 0 Å². The van der Waals surface area contributed by atoms with Gasteiger partial charge in [0.25, 0.3) is 0 Å². The molecule has 0 amide bonds. The molecule has 0 atom stereocenters. The van der Waals surface area contributed by atoms with Gasteiger partial charge in [0, 0.05) is 35.9 Å². The fourth-order valence-corrected chi connectivity index (χ4v) is 2.23. The second kappa shape index (κ2) is 7.63. The maximum absolute atomic E-state index is 3.66. The summed E-state index contributed by atoms with van der Waals surface area (Å²) >= 11 is 1.90.